The topological polar surface area (TPSA) is 56.8 Å². The number of benzene rings is 2. The van der Waals surface area contributed by atoms with Gasteiger partial charge in [0.15, 0.2) is 11.5 Å². The van der Waals surface area contributed by atoms with Crippen LogP contribution < -0.4 is 19.5 Å². The zero-order valence-corrected chi connectivity index (χ0v) is 11.9. The number of nitrogens with one attached hydrogen (secondary N) is 1. The second-order valence-electron chi connectivity index (χ2n) is 4.64. The minimum absolute atomic E-state index is 0.112. The van der Waals surface area contributed by atoms with Crippen molar-refractivity contribution in [2.45, 2.75) is 0 Å². The van der Waals surface area contributed by atoms with Crippen molar-refractivity contribution in [1.29, 1.82) is 0 Å². The molecule has 0 aliphatic carbocycles. The Morgan fingerprint density at radius 1 is 1.23 bits per heavy atom. The van der Waals surface area contributed by atoms with Crippen LogP contribution in [-0.4, -0.2) is 26.2 Å². The lowest BCUT2D eigenvalue weighted by molar-refractivity contribution is 0.102. The van der Waals surface area contributed by atoms with E-state index in [1.54, 1.807) is 18.2 Å². The van der Waals surface area contributed by atoms with E-state index in [2.05, 4.69) is 5.32 Å². The molecule has 0 radical (unpaired) electrons. The fraction of sp³-hybridized carbons (Fsp3) is 0.188. The van der Waals surface area contributed by atoms with Gasteiger partial charge in [-0.25, -0.2) is 4.39 Å². The summed E-state index contributed by atoms with van der Waals surface area (Å²) < 4.78 is 29.8. The van der Waals surface area contributed by atoms with Crippen molar-refractivity contribution >= 4 is 11.6 Å². The number of para-hydroxylation sites is 1. The van der Waals surface area contributed by atoms with Crippen LogP contribution in [0.3, 0.4) is 0 Å². The molecular weight excluding hydrogens is 289 g/mol. The number of anilines is 1. The molecule has 1 heterocycles. The van der Waals surface area contributed by atoms with Gasteiger partial charge in [0, 0.05) is 5.56 Å². The maximum absolute atomic E-state index is 13.6. The second kappa shape index (κ2) is 5.93. The van der Waals surface area contributed by atoms with E-state index >= 15 is 0 Å². The van der Waals surface area contributed by atoms with Gasteiger partial charge >= 0.3 is 0 Å². The summed E-state index contributed by atoms with van der Waals surface area (Å²) in [6, 6.07) is 9.04. The van der Waals surface area contributed by atoms with Crippen molar-refractivity contribution in [3.05, 3.63) is 47.8 Å². The van der Waals surface area contributed by atoms with Crippen LogP contribution in [0.1, 0.15) is 10.4 Å². The van der Waals surface area contributed by atoms with Crippen LogP contribution in [-0.2, 0) is 0 Å². The van der Waals surface area contributed by atoms with E-state index in [1.807, 2.05) is 0 Å². The summed E-state index contributed by atoms with van der Waals surface area (Å²) in [5.74, 6) is 0.345. The molecule has 2 aromatic rings. The Bertz CT molecular complexity index is 700. The van der Waals surface area contributed by atoms with Gasteiger partial charge in [0.25, 0.3) is 5.91 Å². The number of carbonyl (C=O) groups excluding carboxylic acids is 1. The molecule has 0 aromatic heterocycles. The van der Waals surface area contributed by atoms with Crippen LogP contribution in [0.15, 0.2) is 36.4 Å². The third-order valence-corrected chi connectivity index (χ3v) is 3.21. The van der Waals surface area contributed by atoms with Crippen molar-refractivity contribution in [1.82, 2.24) is 0 Å². The zero-order valence-electron chi connectivity index (χ0n) is 11.9. The molecule has 0 spiro atoms. The third-order valence-electron chi connectivity index (χ3n) is 3.21. The molecule has 0 fully saturated rings. The highest BCUT2D eigenvalue weighted by Crippen LogP contribution is 2.40. The maximum Gasteiger partial charge on any atom is 0.256 e. The summed E-state index contributed by atoms with van der Waals surface area (Å²) in [6.07, 6.45) is 0. The summed E-state index contributed by atoms with van der Waals surface area (Å²) in [4.78, 5) is 12.3. The van der Waals surface area contributed by atoms with Gasteiger partial charge in [-0.3, -0.25) is 4.79 Å². The molecule has 0 saturated carbocycles. The molecule has 5 nitrogen and oxygen atoms in total. The minimum Gasteiger partial charge on any atom is -0.493 e. The van der Waals surface area contributed by atoms with Gasteiger partial charge in [-0.15, -0.1) is 0 Å². The van der Waals surface area contributed by atoms with Crippen LogP contribution in [0.25, 0.3) is 0 Å². The van der Waals surface area contributed by atoms with E-state index < -0.39 is 11.7 Å². The average molecular weight is 303 g/mol. The van der Waals surface area contributed by atoms with Gasteiger partial charge in [-0.05, 0) is 24.3 Å². The number of halogens is 1. The lowest BCUT2D eigenvalue weighted by atomic mass is 10.1. The quantitative estimate of drug-likeness (QED) is 0.947. The zero-order chi connectivity index (χ0) is 15.5. The number of carbonyl (C=O) groups is 1. The van der Waals surface area contributed by atoms with Crippen molar-refractivity contribution in [2.24, 2.45) is 0 Å². The highest BCUT2D eigenvalue weighted by molar-refractivity contribution is 6.05. The molecule has 0 saturated heterocycles. The number of hydrogen-bond acceptors (Lipinski definition) is 4. The summed E-state index contributed by atoms with van der Waals surface area (Å²) in [5, 5.41) is 2.52. The van der Waals surface area contributed by atoms with Gasteiger partial charge in [0.2, 0.25) is 5.75 Å². The Morgan fingerprint density at radius 3 is 2.77 bits per heavy atom. The molecule has 114 valence electrons. The minimum atomic E-state index is -0.500. The first kappa shape index (κ1) is 14.2. The van der Waals surface area contributed by atoms with Crippen molar-refractivity contribution in [2.75, 3.05) is 25.6 Å². The molecule has 1 aliphatic rings. The van der Waals surface area contributed by atoms with E-state index in [0.29, 0.717) is 36.0 Å². The third kappa shape index (κ3) is 2.67. The average Bonchev–Trinajstić information content (AvgIpc) is 2.55. The maximum atomic E-state index is 13.6. The molecular formula is C16H14FNO4. The van der Waals surface area contributed by atoms with E-state index in [9.17, 15) is 9.18 Å². The van der Waals surface area contributed by atoms with Crippen molar-refractivity contribution < 1.29 is 23.4 Å². The van der Waals surface area contributed by atoms with Gasteiger partial charge < -0.3 is 19.5 Å². The number of rotatable bonds is 3. The first-order valence-corrected chi connectivity index (χ1v) is 6.72. The van der Waals surface area contributed by atoms with Crippen LogP contribution in [0.2, 0.25) is 0 Å². The smallest absolute Gasteiger partial charge is 0.256 e. The summed E-state index contributed by atoms with van der Waals surface area (Å²) in [7, 11) is 1.48. The van der Waals surface area contributed by atoms with Gasteiger partial charge in [-0.2, -0.15) is 0 Å². The molecule has 2 aromatic carbocycles. The first-order valence-electron chi connectivity index (χ1n) is 6.72. The Hall–Kier alpha value is -2.76. The Kier molecular flexibility index (Phi) is 3.82. The molecule has 0 atom stereocenters. The van der Waals surface area contributed by atoms with E-state index in [0.717, 1.165) is 0 Å². The first-order chi connectivity index (χ1) is 10.7. The molecule has 3 rings (SSSR count). The standard InChI is InChI=1S/C16H14FNO4/c1-20-13-8-10(9-14-15(13)22-7-6-21-14)16(19)18-12-5-3-2-4-11(12)17/h2-5,8-9H,6-7H2,1H3,(H,18,19). The normalized spacial score (nSPS) is 12.6. The fourth-order valence-electron chi connectivity index (χ4n) is 2.16. The Morgan fingerprint density at radius 2 is 2.00 bits per heavy atom. The number of fused-ring (bicyclic) bond motifs is 1. The van der Waals surface area contributed by atoms with Crippen LogP contribution in [0.4, 0.5) is 10.1 Å². The second-order valence-corrected chi connectivity index (χ2v) is 4.64. The molecule has 1 N–H and O–H groups in total. The van der Waals surface area contributed by atoms with Crippen molar-refractivity contribution in [3.8, 4) is 17.2 Å². The highest BCUT2D eigenvalue weighted by Gasteiger charge is 2.21. The van der Waals surface area contributed by atoms with Crippen LogP contribution in [0.5, 0.6) is 17.2 Å². The Labute approximate surface area is 126 Å². The van der Waals surface area contributed by atoms with Gasteiger partial charge in [0.1, 0.15) is 19.0 Å². The largest absolute Gasteiger partial charge is 0.493 e. The highest BCUT2D eigenvalue weighted by atomic mass is 19.1. The number of hydrogen-bond donors (Lipinski definition) is 1. The van der Waals surface area contributed by atoms with Gasteiger partial charge in [0.05, 0.1) is 12.8 Å². The molecule has 1 amide bonds. The molecule has 22 heavy (non-hydrogen) atoms. The van der Waals surface area contributed by atoms with E-state index in [4.69, 9.17) is 14.2 Å². The lowest BCUT2D eigenvalue weighted by Gasteiger charge is -2.21. The van der Waals surface area contributed by atoms with Crippen molar-refractivity contribution in [3.63, 3.8) is 0 Å². The molecule has 1 aliphatic heterocycles. The van der Waals surface area contributed by atoms with Gasteiger partial charge in [-0.1, -0.05) is 12.1 Å². The molecule has 0 unspecified atom stereocenters. The predicted molar refractivity (Wildman–Crippen MR) is 78.3 cm³/mol. The molecule has 6 heteroatoms. The van der Waals surface area contributed by atoms with E-state index in [-0.39, 0.29) is 5.69 Å². The van der Waals surface area contributed by atoms with Crippen LogP contribution >= 0.6 is 0 Å². The predicted octanol–water partition coefficient (Wildman–Crippen LogP) is 2.86. The summed E-state index contributed by atoms with van der Waals surface area (Å²) >= 11 is 0. The number of ether oxygens (including phenoxy) is 3. The fourth-order valence-corrected chi connectivity index (χ4v) is 2.16. The SMILES string of the molecule is COc1cc(C(=O)Nc2ccccc2F)cc2c1OCCO2. The van der Waals surface area contributed by atoms with E-state index in [1.165, 1.54) is 25.3 Å². The Balaban J connectivity index is 1.91. The monoisotopic (exact) mass is 303 g/mol. The van der Waals surface area contributed by atoms with Crippen LogP contribution in [0, 0.1) is 5.82 Å². The summed E-state index contributed by atoms with van der Waals surface area (Å²) in [6.45, 7) is 0.818. The number of methoxy groups -OCH3 is 1. The molecule has 0 bridgehead atoms. The number of amides is 1. The summed E-state index contributed by atoms with van der Waals surface area (Å²) in [5.41, 5.74) is 0.408. The lowest BCUT2D eigenvalue weighted by Crippen LogP contribution is -2.18.